The molecule has 0 saturated heterocycles. The summed E-state index contributed by atoms with van der Waals surface area (Å²) in [5.74, 6) is 0.0111. The Hall–Kier alpha value is -1.93. The van der Waals surface area contributed by atoms with Crippen LogP contribution in [0.1, 0.15) is 21.5 Å². The Kier molecular flexibility index (Phi) is 3.90. The largest absolute Gasteiger partial charge is 0.321 e. The van der Waals surface area contributed by atoms with Crippen LogP contribution >= 0.6 is 0 Å². The zero-order valence-corrected chi connectivity index (χ0v) is 10.5. The van der Waals surface area contributed by atoms with E-state index < -0.39 is 6.04 Å². The van der Waals surface area contributed by atoms with Crippen molar-refractivity contribution in [3.05, 3.63) is 71.3 Å². The minimum absolute atomic E-state index is 0.0111. The van der Waals surface area contributed by atoms with Crippen molar-refractivity contribution in [1.29, 1.82) is 0 Å². The van der Waals surface area contributed by atoms with Gasteiger partial charge in [0, 0.05) is 5.56 Å². The molecule has 0 bridgehead atoms. The summed E-state index contributed by atoms with van der Waals surface area (Å²) in [5.41, 5.74) is 8.79. The lowest BCUT2D eigenvalue weighted by molar-refractivity contribution is 0.0960. The number of nitrogens with two attached hydrogens (primary N) is 1. The molecule has 1 unspecified atom stereocenters. The zero-order valence-electron chi connectivity index (χ0n) is 10.5. The lowest BCUT2D eigenvalue weighted by Gasteiger charge is -2.12. The summed E-state index contributed by atoms with van der Waals surface area (Å²) in [7, 11) is 0. The number of Topliss-reactive ketones (excluding diaryl/α,β-unsaturated/α-hetero) is 1. The monoisotopic (exact) mass is 239 g/mol. The molecule has 92 valence electrons. The van der Waals surface area contributed by atoms with Crippen LogP contribution in [0, 0.1) is 6.92 Å². The third-order valence-electron chi connectivity index (χ3n) is 3.05. The fourth-order valence-corrected chi connectivity index (χ4v) is 2.01. The smallest absolute Gasteiger partial charge is 0.180 e. The third kappa shape index (κ3) is 2.84. The standard InChI is InChI=1S/C16H17NO/c1-12-7-5-6-10-14(12)16(18)15(17)11-13-8-3-2-4-9-13/h2-10,15H,11,17H2,1H3. The number of hydrogen-bond donors (Lipinski definition) is 1. The first-order valence-electron chi connectivity index (χ1n) is 6.08. The molecule has 2 aromatic carbocycles. The van der Waals surface area contributed by atoms with Gasteiger partial charge in [0.2, 0.25) is 0 Å². The molecule has 0 saturated carbocycles. The molecule has 0 spiro atoms. The normalized spacial score (nSPS) is 12.1. The van der Waals surface area contributed by atoms with Crippen molar-refractivity contribution >= 4 is 5.78 Å². The Morgan fingerprint density at radius 2 is 1.67 bits per heavy atom. The number of hydrogen-bond acceptors (Lipinski definition) is 2. The van der Waals surface area contributed by atoms with Crippen LogP contribution in [0.3, 0.4) is 0 Å². The molecule has 2 aromatic rings. The molecule has 2 nitrogen and oxygen atoms in total. The molecule has 0 amide bonds. The van der Waals surface area contributed by atoms with Crippen molar-refractivity contribution < 1.29 is 4.79 Å². The maximum Gasteiger partial charge on any atom is 0.180 e. The number of benzene rings is 2. The van der Waals surface area contributed by atoms with Crippen molar-refractivity contribution in [3.63, 3.8) is 0 Å². The zero-order chi connectivity index (χ0) is 13.0. The van der Waals surface area contributed by atoms with Gasteiger partial charge in [0.15, 0.2) is 5.78 Å². The van der Waals surface area contributed by atoms with Crippen molar-refractivity contribution in [2.45, 2.75) is 19.4 Å². The topological polar surface area (TPSA) is 43.1 Å². The minimum Gasteiger partial charge on any atom is -0.321 e. The van der Waals surface area contributed by atoms with Crippen LogP contribution in [-0.4, -0.2) is 11.8 Å². The lowest BCUT2D eigenvalue weighted by Crippen LogP contribution is -2.33. The van der Waals surface area contributed by atoms with Crippen molar-refractivity contribution in [1.82, 2.24) is 0 Å². The summed E-state index contributed by atoms with van der Waals surface area (Å²) in [6, 6.07) is 16.9. The molecular formula is C16H17NO. The Balaban J connectivity index is 2.13. The average Bonchev–Trinajstić information content (AvgIpc) is 2.39. The van der Waals surface area contributed by atoms with E-state index in [0.717, 1.165) is 16.7 Å². The summed E-state index contributed by atoms with van der Waals surface area (Å²) >= 11 is 0. The fourth-order valence-electron chi connectivity index (χ4n) is 2.01. The van der Waals surface area contributed by atoms with Gasteiger partial charge in [-0.3, -0.25) is 4.79 Å². The van der Waals surface area contributed by atoms with Gasteiger partial charge in [-0.05, 0) is 24.5 Å². The number of carbonyl (C=O) groups is 1. The highest BCUT2D eigenvalue weighted by atomic mass is 16.1. The predicted molar refractivity (Wildman–Crippen MR) is 73.6 cm³/mol. The second kappa shape index (κ2) is 5.61. The first-order valence-corrected chi connectivity index (χ1v) is 6.08. The van der Waals surface area contributed by atoms with Gasteiger partial charge in [0.05, 0.1) is 6.04 Å². The first kappa shape index (κ1) is 12.5. The van der Waals surface area contributed by atoms with Gasteiger partial charge in [-0.25, -0.2) is 0 Å². The molecule has 2 rings (SSSR count). The van der Waals surface area contributed by atoms with Gasteiger partial charge in [-0.15, -0.1) is 0 Å². The van der Waals surface area contributed by atoms with E-state index in [-0.39, 0.29) is 5.78 Å². The maximum atomic E-state index is 12.2. The van der Waals surface area contributed by atoms with E-state index in [2.05, 4.69) is 0 Å². The van der Waals surface area contributed by atoms with Gasteiger partial charge in [0.1, 0.15) is 0 Å². The average molecular weight is 239 g/mol. The highest BCUT2D eigenvalue weighted by Gasteiger charge is 2.17. The van der Waals surface area contributed by atoms with E-state index in [0.29, 0.717) is 6.42 Å². The number of aryl methyl sites for hydroxylation is 1. The molecule has 0 radical (unpaired) electrons. The van der Waals surface area contributed by atoms with E-state index in [1.165, 1.54) is 0 Å². The number of ketones is 1. The van der Waals surface area contributed by atoms with E-state index in [1.807, 2.05) is 61.5 Å². The Bertz CT molecular complexity index is 534. The second-order valence-electron chi connectivity index (χ2n) is 4.48. The van der Waals surface area contributed by atoms with Gasteiger partial charge in [-0.1, -0.05) is 54.6 Å². The van der Waals surface area contributed by atoms with Gasteiger partial charge >= 0.3 is 0 Å². The van der Waals surface area contributed by atoms with Crippen molar-refractivity contribution in [2.75, 3.05) is 0 Å². The molecule has 0 aliphatic rings. The van der Waals surface area contributed by atoms with Crippen LogP contribution in [0.15, 0.2) is 54.6 Å². The first-order chi connectivity index (χ1) is 8.68. The molecule has 18 heavy (non-hydrogen) atoms. The molecule has 0 heterocycles. The van der Waals surface area contributed by atoms with E-state index in [9.17, 15) is 4.79 Å². The van der Waals surface area contributed by atoms with E-state index >= 15 is 0 Å². The van der Waals surface area contributed by atoms with Gasteiger partial charge in [-0.2, -0.15) is 0 Å². The molecule has 0 aliphatic heterocycles. The SMILES string of the molecule is Cc1ccccc1C(=O)C(N)Cc1ccccc1. The highest BCUT2D eigenvalue weighted by Crippen LogP contribution is 2.11. The predicted octanol–water partition coefficient (Wildman–Crippen LogP) is 2.75. The molecule has 0 aromatic heterocycles. The van der Waals surface area contributed by atoms with Crippen molar-refractivity contribution in [2.24, 2.45) is 5.73 Å². The Labute approximate surface area is 107 Å². The summed E-state index contributed by atoms with van der Waals surface area (Å²) < 4.78 is 0. The van der Waals surface area contributed by atoms with Crippen LogP contribution < -0.4 is 5.73 Å². The molecule has 2 heteroatoms. The van der Waals surface area contributed by atoms with E-state index in [1.54, 1.807) is 0 Å². The Morgan fingerprint density at radius 3 is 2.33 bits per heavy atom. The summed E-state index contributed by atoms with van der Waals surface area (Å²) in [4.78, 5) is 12.2. The van der Waals surface area contributed by atoms with Crippen LogP contribution in [-0.2, 0) is 6.42 Å². The second-order valence-corrected chi connectivity index (χ2v) is 4.48. The summed E-state index contributed by atoms with van der Waals surface area (Å²) in [6.07, 6.45) is 0.577. The highest BCUT2D eigenvalue weighted by molar-refractivity contribution is 6.01. The quantitative estimate of drug-likeness (QED) is 0.834. The van der Waals surface area contributed by atoms with Crippen LogP contribution in [0.2, 0.25) is 0 Å². The summed E-state index contributed by atoms with van der Waals surface area (Å²) in [5, 5.41) is 0. The number of carbonyl (C=O) groups excluding carboxylic acids is 1. The maximum absolute atomic E-state index is 12.2. The van der Waals surface area contributed by atoms with Crippen LogP contribution in [0.4, 0.5) is 0 Å². The van der Waals surface area contributed by atoms with Crippen LogP contribution in [0.5, 0.6) is 0 Å². The van der Waals surface area contributed by atoms with Crippen molar-refractivity contribution in [3.8, 4) is 0 Å². The lowest BCUT2D eigenvalue weighted by atomic mass is 9.96. The Morgan fingerprint density at radius 1 is 1.06 bits per heavy atom. The fraction of sp³-hybridized carbons (Fsp3) is 0.188. The minimum atomic E-state index is -0.478. The molecule has 2 N–H and O–H groups in total. The van der Waals surface area contributed by atoms with Gasteiger partial charge in [0.25, 0.3) is 0 Å². The molecule has 1 atom stereocenters. The molecule has 0 fully saturated rings. The molecular weight excluding hydrogens is 222 g/mol. The van der Waals surface area contributed by atoms with E-state index in [4.69, 9.17) is 5.73 Å². The van der Waals surface area contributed by atoms with Gasteiger partial charge < -0.3 is 5.73 Å². The molecule has 0 aliphatic carbocycles. The summed E-state index contributed by atoms with van der Waals surface area (Å²) in [6.45, 7) is 1.93. The third-order valence-corrected chi connectivity index (χ3v) is 3.05. The van der Waals surface area contributed by atoms with Crippen LogP contribution in [0.25, 0.3) is 0 Å². The number of rotatable bonds is 4.